The number of nitrogen functional groups attached to an aromatic ring is 1. The molecule has 0 atom stereocenters. The molecule has 0 spiro atoms. The molecule has 0 unspecified atom stereocenters. The van der Waals surface area contributed by atoms with Crippen molar-refractivity contribution < 1.29 is 12.8 Å². The Kier molecular flexibility index (Phi) is 4.54. The van der Waals surface area contributed by atoms with Crippen LogP contribution in [0.2, 0.25) is 0 Å². The van der Waals surface area contributed by atoms with E-state index in [2.05, 4.69) is 4.98 Å². The molecule has 2 rings (SSSR count). The summed E-state index contributed by atoms with van der Waals surface area (Å²) in [5.74, 6) is -0.141. The molecule has 112 valence electrons. The Balaban J connectivity index is 2.29. The Morgan fingerprint density at radius 3 is 2.62 bits per heavy atom. The van der Waals surface area contributed by atoms with E-state index in [4.69, 9.17) is 5.73 Å². The number of pyridine rings is 1. The first-order valence-corrected chi connectivity index (χ1v) is 7.83. The molecule has 0 saturated carbocycles. The molecule has 7 heteroatoms. The summed E-state index contributed by atoms with van der Waals surface area (Å²) in [4.78, 5) is 3.86. The lowest BCUT2D eigenvalue weighted by atomic mass is 10.2. The highest BCUT2D eigenvalue weighted by molar-refractivity contribution is 7.89. The number of anilines is 1. The zero-order valence-corrected chi connectivity index (χ0v) is 12.3. The van der Waals surface area contributed by atoms with E-state index in [0.717, 1.165) is 0 Å². The summed E-state index contributed by atoms with van der Waals surface area (Å²) in [5.41, 5.74) is 6.04. The molecule has 0 aliphatic carbocycles. The Hall–Kier alpha value is -1.99. The van der Waals surface area contributed by atoms with E-state index in [1.807, 2.05) is 0 Å². The van der Waals surface area contributed by atoms with Gasteiger partial charge in [0.2, 0.25) is 10.0 Å². The number of nitrogens with two attached hydrogens (primary N) is 1. The maximum atomic E-state index is 13.2. The summed E-state index contributed by atoms with van der Waals surface area (Å²) in [6.07, 6.45) is 1.22. The van der Waals surface area contributed by atoms with Crippen LogP contribution in [0.5, 0.6) is 0 Å². The molecule has 1 heterocycles. The Labute approximate surface area is 123 Å². The van der Waals surface area contributed by atoms with Gasteiger partial charge in [-0.05, 0) is 29.8 Å². The van der Waals surface area contributed by atoms with E-state index in [9.17, 15) is 12.8 Å². The molecule has 1 aromatic heterocycles. The fourth-order valence-electron chi connectivity index (χ4n) is 1.90. The van der Waals surface area contributed by atoms with Gasteiger partial charge in [0.1, 0.15) is 16.5 Å². The molecule has 5 nitrogen and oxygen atoms in total. The second-order valence-corrected chi connectivity index (χ2v) is 6.42. The van der Waals surface area contributed by atoms with Crippen LogP contribution in [0, 0.1) is 5.82 Å². The lowest BCUT2D eigenvalue weighted by molar-refractivity contribution is 0.422. The van der Waals surface area contributed by atoms with Gasteiger partial charge in [0.15, 0.2) is 0 Å². The molecule has 0 amide bonds. The molecule has 0 aliphatic heterocycles. The molecule has 0 fully saturated rings. The van der Waals surface area contributed by atoms with Crippen molar-refractivity contribution in [3.8, 4) is 0 Å². The standard InChI is InChI=1S/C14H16FN3O2S/c1-2-18(10-11-4-3-5-12(15)8-11)21(19,20)13-6-7-14(16)17-9-13/h3-9H,2,10H2,1H3,(H2,16,17). The summed E-state index contributed by atoms with van der Waals surface area (Å²) in [6.45, 7) is 2.09. The number of nitrogens with zero attached hydrogens (tertiary/aromatic N) is 2. The normalized spacial score (nSPS) is 11.8. The van der Waals surface area contributed by atoms with Crippen LogP contribution >= 0.6 is 0 Å². The monoisotopic (exact) mass is 309 g/mol. The molecule has 2 N–H and O–H groups in total. The predicted molar refractivity (Wildman–Crippen MR) is 78.3 cm³/mol. The number of hydrogen-bond acceptors (Lipinski definition) is 4. The number of hydrogen-bond donors (Lipinski definition) is 1. The summed E-state index contributed by atoms with van der Waals surface area (Å²) in [5, 5.41) is 0. The van der Waals surface area contributed by atoms with Crippen molar-refractivity contribution in [2.24, 2.45) is 0 Å². The first kappa shape index (κ1) is 15.4. The number of benzene rings is 1. The van der Waals surface area contributed by atoms with Crippen LogP contribution in [0.15, 0.2) is 47.5 Å². The van der Waals surface area contributed by atoms with Crippen molar-refractivity contribution in [1.82, 2.24) is 9.29 Å². The van der Waals surface area contributed by atoms with Crippen molar-refractivity contribution >= 4 is 15.8 Å². The maximum absolute atomic E-state index is 13.2. The van der Waals surface area contributed by atoms with Gasteiger partial charge in [-0.2, -0.15) is 4.31 Å². The van der Waals surface area contributed by atoms with Crippen LogP contribution in [0.4, 0.5) is 10.2 Å². The van der Waals surface area contributed by atoms with Gasteiger partial charge in [-0.1, -0.05) is 19.1 Å². The maximum Gasteiger partial charge on any atom is 0.244 e. The summed E-state index contributed by atoms with van der Waals surface area (Å²) >= 11 is 0. The second kappa shape index (κ2) is 6.19. The molecule has 0 saturated heterocycles. The third-order valence-corrected chi connectivity index (χ3v) is 4.90. The smallest absolute Gasteiger partial charge is 0.244 e. The highest BCUT2D eigenvalue weighted by Gasteiger charge is 2.23. The van der Waals surface area contributed by atoms with E-state index in [-0.39, 0.29) is 23.8 Å². The average Bonchev–Trinajstić information content (AvgIpc) is 2.45. The minimum absolute atomic E-state index is 0.0648. The lowest BCUT2D eigenvalue weighted by Gasteiger charge is -2.20. The minimum Gasteiger partial charge on any atom is -0.384 e. The van der Waals surface area contributed by atoms with E-state index >= 15 is 0 Å². The molecular formula is C14H16FN3O2S. The molecular weight excluding hydrogens is 293 g/mol. The van der Waals surface area contributed by atoms with Crippen molar-refractivity contribution in [2.45, 2.75) is 18.4 Å². The number of sulfonamides is 1. The Bertz CT molecular complexity index is 717. The van der Waals surface area contributed by atoms with Crippen LogP contribution in [0.1, 0.15) is 12.5 Å². The summed E-state index contributed by atoms with van der Waals surface area (Å²) in [7, 11) is -3.69. The van der Waals surface area contributed by atoms with Gasteiger partial charge in [-0.15, -0.1) is 0 Å². The van der Waals surface area contributed by atoms with Crippen LogP contribution in [-0.4, -0.2) is 24.3 Å². The number of rotatable bonds is 5. The molecule has 2 aromatic rings. The third-order valence-electron chi connectivity index (χ3n) is 3.00. The summed E-state index contributed by atoms with van der Waals surface area (Å²) < 4.78 is 39.5. The van der Waals surface area contributed by atoms with E-state index in [1.165, 1.54) is 34.8 Å². The third kappa shape index (κ3) is 3.56. The predicted octanol–water partition coefficient (Wildman–Crippen LogP) is 2.01. The lowest BCUT2D eigenvalue weighted by Crippen LogP contribution is -2.30. The van der Waals surface area contributed by atoms with E-state index in [0.29, 0.717) is 5.56 Å². The first-order valence-electron chi connectivity index (χ1n) is 6.39. The van der Waals surface area contributed by atoms with Crippen molar-refractivity contribution in [1.29, 1.82) is 0 Å². The molecule has 0 radical (unpaired) electrons. The van der Waals surface area contributed by atoms with Gasteiger partial charge in [0.25, 0.3) is 0 Å². The van der Waals surface area contributed by atoms with Crippen LogP contribution in [0.3, 0.4) is 0 Å². The van der Waals surface area contributed by atoms with Crippen molar-refractivity contribution in [2.75, 3.05) is 12.3 Å². The SMILES string of the molecule is CCN(Cc1cccc(F)c1)S(=O)(=O)c1ccc(N)nc1. The second-order valence-electron chi connectivity index (χ2n) is 4.48. The quantitative estimate of drug-likeness (QED) is 0.916. The van der Waals surface area contributed by atoms with Crippen LogP contribution in [-0.2, 0) is 16.6 Å². The van der Waals surface area contributed by atoms with E-state index in [1.54, 1.807) is 19.1 Å². The van der Waals surface area contributed by atoms with Crippen LogP contribution < -0.4 is 5.73 Å². The fourth-order valence-corrected chi connectivity index (χ4v) is 3.28. The Morgan fingerprint density at radius 1 is 1.29 bits per heavy atom. The molecule has 0 bridgehead atoms. The zero-order chi connectivity index (χ0) is 15.5. The highest BCUT2D eigenvalue weighted by atomic mass is 32.2. The Morgan fingerprint density at radius 2 is 2.05 bits per heavy atom. The fraction of sp³-hybridized carbons (Fsp3) is 0.214. The summed E-state index contributed by atoms with van der Waals surface area (Å²) in [6, 6.07) is 8.71. The van der Waals surface area contributed by atoms with E-state index < -0.39 is 15.8 Å². The topological polar surface area (TPSA) is 76.3 Å². The van der Waals surface area contributed by atoms with Crippen molar-refractivity contribution in [3.05, 3.63) is 54.0 Å². The van der Waals surface area contributed by atoms with Gasteiger partial charge in [0.05, 0.1) is 0 Å². The number of aromatic nitrogens is 1. The molecule has 1 aromatic carbocycles. The minimum atomic E-state index is -3.69. The number of halogens is 1. The van der Waals surface area contributed by atoms with Crippen LogP contribution in [0.25, 0.3) is 0 Å². The zero-order valence-electron chi connectivity index (χ0n) is 11.5. The first-order chi connectivity index (χ1) is 9.93. The van der Waals surface area contributed by atoms with Crippen molar-refractivity contribution in [3.63, 3.8) is 0 Å². The molecule has 21 heavy (non-hydrogen) atoms. The highest BCUT2D eigenvalue weighted by Crippen LogP contribution is 2.18. The average molecular weight is 309 g/mol. The van der Waals surface area contributed by atoms with Gasteiger partial charge in [-0.25, -0.2) is 17.8 Å². The van der Waals surface area contributed by atoms with Gasteiger partial charge >= 0.3 is 0 Å². The van der Waals surface area contributed by atoms with Gasteiger partial charge < -0.3 is 5.73 Å². The van der Waals surface area contributed by atoms with Gasteiger partial charge in [-0.3, -0.25) is 0 Å². The van der Waals surface area contributed by atoms with Gasteiger partial charge in [0, 0.05) is 19.3 Å². The molecule has 0 aliphatic rings. The largest absolute Gasteiger partial charge is 0.384 e.